The van der Waals surface area contributed by atoms with E-state index in [0.717, 1.165) is 33.6 Å². The van der Waals surface area contributed by atoms with E-state index in [4.69, 9.17) is 16.3 Å². The first-order chi connectivity index (χ1) is 20.8. The molecule has 43 heavy (non-hydrogen) atoms. The van der Waals surface area contributed by atoms with Gasteiger partial charge in [0, 0.05) is 11.8 Å². The number of hydrazine groups is 1. The highest BCUT2D eigenvalue weighted by molar-refractivity contribution is 6.33. The van der Waals surface area contributed by atoms with Crippen LogP contribution in [0.25, 0.3) is 0 Å². The maximum atomic E-state index is 14.1. The van der Waals surface area contributed by atoms with Crippen LogP contribution in [0.1, 0.15) is 70.6 Å². The lowest BCUT2D eigenvalue weighted by molar-refractivity contribution is -0.161. The molecule has 1 aliphatic heterocycles. The van der Waals surface area contributed by atoms with Gasteiger partial charge in [0.2, 0.25) is 11.8 Å². The first kappa shape index (κ1) is 28.6. The fourth-order valence-corrected chi connectivity index (χ4v) is 7.09. The highest BCUT2D eigenvalue weighted by atomic mass is 35.5. The maximum Gasteiger partial charge on any atom is 0.329 e. The van der Waals surface area contributed by atoms with Crippen LogP contribution in [0, 0.1) is 11.8 Å². The second-order valence-corrected chi connectivity index (χ2v) is 11.5. The molecule has 7 rings (SSSR count). The lowest BCUT2D eigenvalue weighted by atomic mass is 9.55. The van der Waals surface area contributed by atoms with E-state index in [1.54, 1.807) is 12.1 Å². The average Bonchev–Trinajstić information content (AvgIpc) is 3.29. The van der Waals surface area contributed by atoms with Gasteiger partial charge in [-0.15, -0.1) is 0 Å². The van der Waals surface area contributed by atoms with Crippen molar-refractivity contribution < 1.29 is 28.7 Å². The minimum absolute atomic E-state index is 0.159. The van der Waals surface area contributed by atoms with Gasteiger partial charge in [-0.25, -0.2) is 4.79 Å². The number of benzene rings is 3. The second kappa shape index (κ2) is 11.6. The molecule has 1 heterocycles. The smallest absolute Gasteiger partial charge is 0.329 e. The molecule has 220 valence electrons. The van der Waals surface area contributed by atoms with Gasteiger partial charge in [-0.3, -0.25) is 34.9 Å². The fourth-order valence-electron chi connectivity index (χ4n) is 6.87. The molecular formula is C33H30ClN3O6. The molecule has 4 amide bonds. The third-order valence-corrected chi connectivity index (χ3v) is 9.01. The Balaban J connectivity index is 1.19. The third-order valence-electron chi connectivity index (χ3n) is 8.68. The summed E-state index contributed by atoms with van der Waals surface area (Å²) in [6.45, 7) is 1.23. The van der Waals surface area contributed by atoms with Crippen LogP contribution in [0.15, 0.2) is 72.8 Å². The van der Waals surface area contributed by atoms with E-state index < -0.39 is 42.3 Å². The number of hydrogen-bond donors (Lipinski definition) is 2. The summed E-state index contributed by atoms with van der Waals surface area (Å²) in [6, 6.07) is 21.0. The lowest BCUT2D eigenvalue weighted by Crippen LogP contribution is -2.48. The molecule has 1 fully saturated rings. The Morgan fingerprint density at radius 2 is 1.33 bits per heavy atom. The summed E-state index contributed by atoms with van der Waals surface area (Å²) in [4.78, 5) is 67.5. The Labute approximate surface area is 253 Å². The van der Waals surface area contributed by atoms with Gasteiger partial charge in [-0.2, -0.15) is 0 Å². The van der Waals surface area contributed by atoms with E-state index in [1.807, 2.05) is 55.5 Å². The third kappa shape index (κ3) is 4.87. The van der Waals surface area contributed by atoms with Gasteiger partial charge in [0.25, 0.3) is 11.8 Å². The lowest BCUT2D eigenvalue weighted by Gasteiger charge is -2.45. The molecule has 10 heteroatoms. The van der Waals surface area contributed by atoms with Crippen LogP contribution in [0.5, 0.6) is 0 Å². The van der Waals surface area contributed by atoms with Gasteiger partial charge in [-0.1, -0.05) is 92.0 Å². The molecule has 2 N–H and O–H groups in total. The molecule has 0 spiro atoms. The fraction of sp³-hybridized carbons (Fsp3) is 0.303. The van der Waals surface area contributed by atoms with Gasteiger partial charge in [0.1, 0.15) is 6.04 Å². The van der Waals surface area contributed by atoms with E-state index in [1.165, 1.54) is 12.1 Å². The summed E-state index contributed by atoms with van der Waals surface area (Å²) in [5.41, 5.74) is 8.74. The number of rotatable bonds is 8. The van der Waals surface area contributed by atoms with Crippen molar-refractivity contribution in [3.05, 3.63) is 106 Å². The minimum atomic E-state index is -1.17. The quantitative estimate of drug-likeness (QED) is 0.228. The number of unbranched alkanes of at least 4 members (excludes halogenated alkanes) is 1. The van der Waals surface area contributed by atoms with Crippen molar-refractivity contribution in [1.29, 1.82) is 0 Å². The van der Waals surface area contributed by atoms with Crippen molar-refractivity contribution >= 4 is 41.2 Å². The largest absolute Gasteiger partial charge is 0.454 e. The molecule has 1 saturated heterocycles. The van der Waals surface area contributed by atoms with Crippen molar-refractivity contribution in [2.75, 3.05) is 6.61 Å². The van der Waals surface area contributed by atoms with Crippen LogP contribution in [0.4, 0.5) is 0 Å². The molecule has 0 aromatic heterocycles. The van der Waals surface area contributed by atoms with E-state index in [-0.39, 0.29) is 40.7 Å². The number of likely N-dealkylation sites (tertiary alicyclic amines) is 1. The minimum Gasteiger partial charge on any atom is -0.454 e. The predicted octanol–water partition coefficient (Wildman–Crippen LogP) is 4.10. The van der Waals surface area contributed by atoms with E-state index >= 15 is 0 Å². The topological polar surface area (TPSA) is 122 Å². The van der Waals surface area contributed by atoms with Crippen molar-refractivity contribution in [3.63, 3.8) is 0 Å². The number of carbonyl (C=O) groups excluding carboxylic acids is 5. The first-order valence-electron chi connectivity index (χ1n) is 14.4. The number of carbonyl (C=O) groups is 5. The van der Waals surface area contributed by atoms with Crippen LogP contribution < -0.4 is 10.9 Å². The maximum absolute atomic E-state index is 14.1. The molecular weight excluding hydrogens is 570 g/mol. The molecule has 9 nitrogen and oxygen atoms in total. The molecule has 0 unspecified atom stereocenters. The van der Waals surface area contributed by atoms with Crippen LogP contribution in [0.3, 0.4) is 0 Å². The van der Waals surface area contributed by atoms with E-state index in [0.29, 0.717) is 6.42 Å². The number of amides is 4. The molecule has 0 radical (unpaired) electrons. The van der Waals surface area contributed by atoms with Crippen LogP contribution >= 0.6 is 11.6 Å². The zero-order chi connectivity index (χ0) is 30.2. The van der Waals surface area contributed by atoms with Crippen molar-refractivity contribution in [2.24, 2.45) is 11.8 Å². The standard InChI is InChI=1S/C33H30ClN3O6/c1-2-3-16-24(33(42)43-17-25(38)35-36-30(39)22-14-8-9-15-23(22)34)37-31(40)28-26-18-10-4-5-11-19(18)27(29(28)32(37)41)21-13-7-6-12-20(21)26/h4-15,24,26-29H,2-3,16-17H2,1H3,(H,35,38)(H,36,39)/t24-,26?,27?,28+,29+/m1/s1. The molecule has 2 bridgehead atoms. The SMILES string of the molecule is CCCC[C@H](C(=O)OCC(=O)NNC(=O)c1ccccc1Cl)N1C(=O)[C@H]2C3c4ccccc4C(c4ccccc43)[C@@H]2C1=O. The highest BCUT2D eigenvalue weighted by Gasteiger charge is 2.63. The second-order valence-electron chi connectivity index (χ2n) is 11.1. The van der Waals surface area contributed by atoms with Gasteiger partial charge >= 0.3 is 5.97 Å². The van der Waals surface area contributed by atoms with Crippen molar-refractivity contribution in [1.82, 2.24) is 15.8 Å². The Kier molecular flexibility index (Phi) is 7.75. The summed E-state index contributed by atoms with van der Waals surface area (Å²) >= 11 is 6.02. The normalized spacial score (nSPS) is 21.9. The number of ether oxygens (including phenoxy) is 1. The van der Waals surface area contributed by atoms with Gasteiger partial charge in [-0.05, 0) is 40.8 Å². The Bertz CT molecular complexity index is 1520. The number of nitrogens with zero attached hydrogens (tertiary/aromatic N) is 1. The molecule has 3 aromatic carbocycles. The monoisotopic (exact) mass is 599 g/mol. The van der Waals surface area contributed by atoms with Gasteiger partial charge in [0.15, 0.2) is 6.61 Å². The highest BCUT2D eigenvalue weighted by Crippen LogP contribution is 2.61. The Morgan fingerprint density at radius 3 is 1.84 bits per heavy atom. The number of halogens is 1. The number of hydrogen-bond acceptors (Lipinski definition) is 6. The molecule has 4 aliphatic rings. The molecule has 3 atom stereocenters. The number of nitrogens with one attached hydrogen (secondary N) is 2. The molecule has 3 aliphatic carbocycles. The van der Waals surface area contributed by atoms with Gasteiger partial charge in [0.05, 0.1) is 22.4 Å². The Hall–Kier alpha value is -4.50. The molecule has 3 aromatic rings. The number of esters is 1. The zero-order valence-corrected chi connectivity index (χ0v) is 24.2. The van der Waals surface area contributed by atoms with Crippen molar-refractivity contribution in [2.45, 2.75) is 44.1 Å². The Morgan fingerprint density at radius 1 is 0.814 bits per heavy atom. The summed E-state index contributed by atoms with van der Waals surface area (Å²) in [7, 11) is 0. The summed E-state index contributed by atoms with van der Waals surface area (Å²) < 4.78 is 5.31. The predicted molar refractivity (Wildman–Crippen MR) is 157 cm³/mol. The molecule has 0 saturated carbocycles. The summed E-state index contributed by atoms with van der Waals surface area (Å²) in [5, 5.41) is 0.208. The van der Waals surface area contributed by atoms with Crippen LogP contribution in [-0.2, 0) is 23.9 Å². The zero-order valence-electron chi connectivity index (χ0n) is 23.4. The number of imide groups is 1. The van der Waals surface area contributed by atoms with Crippen LogP contribution in [0.2, 0.25) is 5.02 Å². The van der Waals surface area contributed by atoms with E-state index in [9.17, 15) is 24.0 Å². The van der Waals surface area contributed by atoms with Crippen LogP contribution in [-0.4, -0.2) is 47.1 Å². The van der Waals surface area contributed by atoms with E-state index in [2.05, 4.69) is 10.9 Å². The summed E-state index contributed by atoms with van der Waals surface area (Å²) in [6.07, 6.45) is 1.51. The first-order valence-corrected chi connectivity index (χ1v) is 14.8. The van der Waals surface area contributed by atoms with Crippen molar-refractivity contribution in [3.8, 4) is 0 Å². The van der Waals surface area contributed by atoms with Gasteiger partial charge < -0.3 is 4.74 Å². The average molecular weight is 600 g/mol. The summed E-state index contributed by atoms with van der Waals surface area (Å²) in [5.74, 6) is -4.88.